The number of aromatic nitrogens is 5. The van der Waals surface area contributed by atoms with Crippen LogP contribution in [0, 0.1) is 24.1 Å². The molecule has 2 N–H and O–H groups in total. The number of pyridine rings is 1. The minimum atomic E-state index is -0.558. The van der Waals surface area contributed by atoms with Crippen molar-refractivity contribution in [1.82, 2.24) is 29.6 Å². The van der Waals surface area contributed by atoms with Gasteiger partial charge in [-0.1, -0.05) is 6.58 Å². The molecule has 1 saturated heterocycles. The number of anilines is 3. The standard InChI is InChI=1S/C33H30FN9O3/c1-4-32(44)42-10-7-22(8-11-42)39-29-15-25-28(16-30(29)45-3)37-19-38-33(25)40-27-6-5-24(14-26(27)34)46-31-9-12-43(41-31)23-13-21(17-35)20(2)36-18-23/h4-6,9,12-16,18-19,22,39H,1,7-8,10-11H2,2-3H3,(H,37,38,40). The van der Waals surface area contributed by atoms with Gasteiger partial charge in [0.15, 0.2) is 0 Å². The maximum Gasteiger partial charge on any atom is 0.245 e. The number of hydrogen-bond donors (Lipinski definition) is 2. The van der Waals surface area contributed by atoms with Crippen LogP contribution in [0.15, 0.2) is 73.8 Å². The van der Waals surface area contributed by atoms with E-state index >= 15 is 4.39 Å². The van der Waals surface area contributed by atoms with Gasteiger partial charge in [0.1, 0.15) is 35.5 Å². The van der Waals surface area contributed by atoms with Gasteiger partial charge < -0.3 is 25.0 Å². The normalized spacial score (nSPS) is 13.2. The molecular weight excluding hydrogens is 589 g/mol. The van der Waals surface area contributed by atoms with Gasteiger partial charge in [-0.3, -0.25) is 9.78 Å². The summed E-state index contributed by atoms with van der Waals surface area (Å²) in [7, 11) is 1.59. The topological polar surface area (TPSA) is 143 Å². The number of nitrogens with one attached hydrogen (secondary N) is 2. The first-order valence-electron chi connectivity index (χ1n) is 14.5. The first-order valence-corrected chi connectivity index (χ1v) is 14.5. The molecule has 1 fully saturated rings. The Labute approximate surface area is 264 Å². The van der Waals surface area contributed by atoms with Gasteiger partial charge in [-0.05, 0) is 50.1 Å². The molecule has 6 rings (SSSR count). The lowest BCUT2D eigenvalue weighted by atomic mass is 10.0. The molecule has 0 unspecified atom stereocenters. The number of piperidine rings is 1. The van der Waals surface area contributed by atoms with E-state index in [0.717, 1.165) is 18.5 Å². The van der Waals surface area contributed by atoms with Crippen molar-refractivity contribution >= 4 is 34.0 Å². The SMILES string of the molecule is C=CC(=O)N1CCC(Nc2cc3c(Nc4ccc(Oc5ccn(-c6cnc(C)c(C#N)c6)n5)cc4F)ncnc3cc2OC)CC1. The number of carbonyl (C=O) groups is 1. The molecule has 232 valence electrons. The summed E-state index contributed by atoms with van der Waals surface area (Å²) in [6, 6.07) is 13.7. The number of fused-ring (bicyclic) bond motifs is 1. The quantitative estimate of drug-likeness (QED) is 0.198. The van der Waals surface area contributed by atoms with Crippen LogP contribution in [0.5, 0.6) is 17.4 Å². The Morgan fingerprint density at radius 3 is 2.70 bits per heavy atom. The van der Waals surface area contributed by atoms with Crippen molar-refractivity contribution < 1.29 is 18.7 Å². The number of likely N-dealkylation sites (tertiary alicyclic amines) is 1. The molecule has 5 aromatic rings. The van der Waals surface area contributed by atoms with Crippen molar-refractivity contribution in [2.75, 3.05) is 30.8 Å². The van der Waals surface area contributed by atoms with Gasteiger partial charge in [0.05, 0.1) is 47.1 Å². The number of nitriles is 1. The van der Waals surface area contributed by atoms with Gasteiger partial charge in [-0.25, -0.2) is 19.0 Å². The second kappa shape index (κ2) is 12.9. The molecule has 2 aromatic carbocycles. The fourth-order valence-electron chi connectivity index (χ4n) is 5.23. The second-order valence-corrected chi connectivity index (χ2v) is 10.6. The van der Waals surface area contributed by atoms with Crippen LogP contribution in [0.1, 0.15) is 24.1 Å². The molecule has 0 saturated carbocycles. The van der Waals surface area contributed by atoms with E-state index in [1.165, 1.54) is 23.2 Å². The minimum Gasteiger partial charge on any atom is -0.495 e. The van der Waals surface area contributed by atoms with Gasteiger partial charge in [0.25, 0.3) is 0 Å². The maximum absolute atomic E-state index is 15.3. The zero-order valence-corrected chi connectivity index (χ0v) is 25.2. The summed E-state index contributed by atoms with van der Waals surface area (Å²) in [6.07, 6.45) is 7.55. The van der Waals surface area contributed by atoms with Crippen LogP contribution >= 0.6 is 0 Å². The largest absolute Gasteiger partial charge is 0.495 e. The Morgan fingerprint density at radius 2 is 1.96 bits per heavy atom. The predicted octanol–water partition coefficient (Wildman–Crippen LogP) is 5.66. The zero-order valence-electron chi connectivity index (χ0n) is 25.2. The van der Waals surface area contributed by atoms with Gasteiger partial charge in [0, 0.05) is 48.9 Å². The molecule has 0 radical (unpaired) electrons. The number of amides is 1. The third-order valence-corrected chi connectivity index (χ3v) is 7.74. The summed E-state index contributed by atoms with van der Waals surface area (Å²) < 4.78 is 28.3. The van der Waals surface area contributed by atoms with Crippen LogP contribution < -0.4 is 20.1 Å². The molecule has 0 atom stereocenters. The average molecular weight is 620 g/mol. The number of hydrogen-bond acceptors (Lipinski definition) is 10. The first-order chi connectivity index (χ1) is 22.3. The number of ether oxygens (including phenoxy) is 2. The van der Waals surface area contributed by atoms with Crippen LogP contribution in [0.2, 0.25) is 0 Å². The van der Waals surface area contributed by atoms with Crippen LogP contribution in [-0.4, -0.2) is 61.8 Å². The Bertz CT molecular complexity index is 1980. The first kappa shape index (κ1) is 30.0. The van der Waals surface area contributed by atoms with Crippen molar-refractivity contribution in [2.45, 2.75) is 25.8 Å². The summed E-state index contributed by atoms with van der Waals surface area (Å²) >= 11 is 0. The van der Waals surface area contributed by atoms with Crippen LogP contribution in [0.3, 0.4) is 0 Å². The lowest BCUT2D eigenvalue weighted by Crippen LogP contribution is -2.41. The van der Waals surface area contributed by atoms with E-state index in [9.17, 15) is 10.1 Å². The third-order valence-electron chi connectivity index (χ3n) is 7.74. The van der Waals surface area contributed by atoms with E-state index in [2.05, 4.69) is 43.3 Å². The Morgan fingerprint density at radius 1 is 1.13 bits per heavy atom. The smallest absolute Gasteiger partial charge is 0.245 e. The summed E-state index contributed by atoms with van der Waals surface area (Å²) in [5.41, 5.74) is 3.23. The molecule has 1 aliphatic rings. The summed E-state index contributed by atoms with van der Waals surface area (Å²) in [4.78, 5) is 26.7. The lowest BCUT2D eigenvalue weighted by Gasteiger charge is -2.32. The molecule has 4 heterocycles. The number of carbonyl (C=O) groups excluding carboxylic acids is 1. The number of halogens is 1. The zero-order chi connectivity index (χ0) is 32.2. The Balaban J connectivity index is 1.18. The second-order valence-electron chi connectivity index (χ2n) is 10.6. The van der Waals surface area contributed by atoms with Crippen molar-refractivity contribution in [1.29, 1.82) is 5.26 Å². The summed E-state index contributed by atoms with van der Waals surface area (Å²) in [5.74, 6) is 0.894. The van der Waals surface area contributed by atoms with E-state index in [1.807, 2.05) is 6.07 Å². The molecule has 1 amide bonds. The molecular formula is C33H30FN9O3. The molecule has 0 aliphatic carbocycles. The van der Waals surface area contributed by atoms with Crippen LogP contribution in [0.25, 0.3) is 16.6 Å². The summed E-state index contributed by atoms with van der Waals surface area (Å²) in [5, 5.41) is 20.9. The third kappa shape index (κ3) is 6.27. The van der Waals surface area contributed by atoms with E-state index in [0.29, 0.717) is 52.5 Å². The van der Waals surface area contributed by atoms with Gasteiger partial charge >= 0.3 is 0 Å². The highest BCUT2D eigenvalue weighted by molar-refractivity contribution is 5.95. The number of aryl methyl sites for hydroxylation is 1. The van der Waals surface area contributed by atoms with Gasteiger partial charge in [-0.15, -0.1) is 5.10 Å². The van der Waals surface area contributed by atoms with Crippen molar-refractivity contribution in [3.05, 3.63) is 90.9 Å². The maximum atomic E-state index is 15.3. The molecule has 46 heavy (non-hydrogen) atoms. The number of nitrogens with zero attached hydrogens (tertiary/aromatic N) is 7. The Kier molecular flexibility index (Phi) is 8.42. The minimum absolute atomic E-state index is 0.0657. The van der Waals surface area contributed by atoms with E-state index < -0.39 is 5.82 Å². The molecule has 3 aromatic heterocycles. The van der Waals surface area contributed by atoms with Crippen molar-refractivity contribution in [2.24, 2.45) is 0 Å². The molecule has 1 aliphatic heterocycles. The van der Waals surface area contributed by atoms with E-state index in [4.69, 9.17) is 9.47 Å². The monoisotopic (exact) mass is 619 g/mol. The molecule has 0 bridgehead atoms. The fourth-order valence-corrected chi connectivity index (χ4v) is 5.23. The van der Waals surface area contributed by atoms with Gasteiger partial charge in [-0.2, -0.15) is 5.26 Å². The lowest BCUT2D eigenvalue weighted by molar-refractivity contribution is -0.126. The molecule has 13 heteroatoms. The summed E-state index contributed by atoms with van der Waals surface area (Å²) in [6.45, 7) is 6.59. The van der Waals surface area contributed by atoms with Crippen LogP contribution in [-0.2, 0) is 4.79 Å². The predicted molar refractivity (Wildman–Crippen MR) is 170 cm³/mol. The highest BCUT2D eigenvalue weighted by Crippen LogP contribution is 2.35. The number of methoxy groups -OCH3 is 1. The molecule has 0 spiro atoms. The van der Waals surface area contributed by atoms with Crippen molar-refractivity contribution in [3.63, 3.8) is 0 Å². The van der Waals surface area contributed by atoms with E-state index in [-0.39, 0.29) is 29.3 Å². The number of rotatable bonds is 9. The average Bonchev–Trinajstić information content (AvgIpc) is 3.54. The van der Waals surface area contributed by atoms with Gasteiger partial charge in [0.2, 0.25) is 11.8 Å². The highest BCUT2D eigenvalue weighted by Gasteiger charge is 2.23. The van der Waals surface area contributed by atoms with Crippen LogP contribution in [0.4, 0.5) is 21.6 Å². The fraction of sp³-hybridized carbons (Fsp3) is 0.212. The van der Waals surface area contributed by atoms with E-state index in [1.54, 1.807) is 61.7 Å². The van der Waals surface area contributed by atoms with Crippen molar-refractivity contribution in [3.8, 4) is 29.1 Å². The number of benzene rings is 2. The Hall–Kier alpha value is -6.03. The molecule has 12 nitrogen and oxygen atoms in total. The highest BCUT2D eigenvalue weighted by atomic mass is 19.1.